The fraction of sp³-hybridized carbons (Fsp3) is 0.145. The largest absolute Gasteiger partial charge is 0.410 e. The van der Waals surface area contributed by atoms with Crippen LogP contribution in [-0.2, 0) is 82.1 Å². The van der Waals surface area contributed by atoms with Crippen LogP contribution in [0.5, 0.6) is 0 Å². The molecule has 17 nitrogen and oxygen atoms in total. The van der Waals surface area contributed by atoms with E-state index in [9.17, 15) is 0 Å². The van der Waals surface area contributed by atoms with Crippen LogP contribution in [0.1, 0.15) is 45.0 Å². The number of benzene rings is 6. The summed E-state index contributed by atoms with van der Waals surface area (Å²) in [4.78, 5) is 41.9. The SMILES string of the molecule is C[n+]1ccnc2c1B1c3c(cccc3-c3cccc4cc[n+](C)c1c34)C2.C[n+]1ccnc2c1B1c3c(cccc3-c3cccc4nc[n+](C)c1c34)C2.C[n+]1ccnc2c1B1c3c(cncc3-c3cccc4nc[n+](C)c1c34)C2.C[n+]1cncc2c1B1c3c(ncnc3-c3cccc4cc[n+](C)c1c34)C2. The highest BCUT2D eigenvalue weighted by Gasteiger charge is 2.53. The van der Waals surface area contributed by atoms with Crippen molar-refractivity contribution >= 4 is 137 Å². The smallest absolute Gasteiger partial charge is 0.264 e. The van der Waals surface area contributed by atoms with Crippen molar-refractivity contribution in [2.75, 3.05) is 0 Å². The van der Waals surface area contributed by atoms with Crippen molar-refractivity contribution in [2.45, 2.75) is 25.7 Å². The Balaban J connectivity index is 0.0000000896. The maximum Gasteiger partial charge on any atom is 0.410 e. The third-order valence-electron chi connectivity index (χ3n) is 23.6. The van der Waals surface area contributed by atoms with Gasteiger partial charge in [0.15, 0.2) is 70.0 Å². The van der Waals surface area contributed by atoms with Crippen molar-refractivity contribution in [3.8, 4) is 44.6 Å². The van der Waals surface area contributed by atoms with Crippen LogP contribution in [0.3, 0.4) is 0 Å². The minimum atomic E-state index is 0.126. The molecule has 0 saturated carbocycles. The first-order valence-electron chi connectivity index (χ1n) is 35.7. The van der Waals surface area contributed by atoms with Gasteiger partial charge in [-0.25, -0.2) is 61.5 Å². The monoisotopic (exact) mass is 1350 g/mol. The minimum Gasteiger partial charge on any atom is -0.264 e. The van der Waals surface area contributed by atoms with Crippen LogP contribution in [0.15, 0.2) is 215 Å². The van der Waals surface area contributed by atoms with Gasteiger partial charge in [0.05, 0.1) is 73.0 Å². The Labute approximate surface area is 601 Å². The Morgan fingerprint density at radius 1 is 0.279 bits per heavy atom. The summed E-state index contributed by atoms with van der Waals surface area (Å²) in [5, 5.41) is 7.73. The van der Waals surface area contributed by atoms with Gasteiger partial charge in [-0.05, 0) is 105 Å². The van der Waals surface area contributed by atoms with Crippen molar-refractivity contribution in [2.24, 2.45) is 56.4 Å². The molecule has 18 heterocycles. The van der Waals surface area contributed by atoms with E-state index in [2.05, 4.69) is 264 Å². The lowest BCUT2D eigenvalue weighted by atomic mass is 9.33. The molecule has 0 aliphatic carbocycles. The predicted octanol–water partition coefficient (Wildman–Crippen LogP) is -1.89. The van der Waals surface area contributed by atoms with Gasteiger partial charge in [-0.2, -0.15) is 0 Å². The van der Waals surface area contributed by atoms with Gasteiger partial charge in [0.1, 0.15) is 64.8 Å². The van der Waals surface area contributed by atoms with E-state index in [-0.39, 0.29) is 26.9 Å². The average molecular weight is 1350 g/mol. The summed E-state index contributed by atoms with van der Waals surface area (Å²) in [7, 11) is 17.0. The Morgan fingerprint density at radius 2 is 0.692 bits per heavy atom. The molecule has 8 aliphatic heterocycles. The fourth-order valence-electron chi connectivity index (χ4n) is 19.4. The maximum absolute atomic E-state index is 4.75. The lowest BCUT2D eigenvalue weighted by Crippen LogP contribution is -2.74. The highest BCUT2D eigenvalue weighted by atomic mass is 15.0. The van der Waals surface area contributed by atoms with E-state index in [0.717, 1.165) is 53.8 Å². The summed E-state index contributed by atoms with van der Waals surface area (Å²) < 4.78 is 17.8. The lowest BCUT2D eigenvalue weighted by Gasteiger charge is -2.29. The highest BCUT2D eigenvalue weighted by molar-refractivity contribution is 6.99. The van der Waals surface area contributed by atoms with Gasteiger partial charge in [0.25, 0.3) is 19.0 Å². The maximum atomic E-state index is 4.75. The number of aromatic nitrogens is 17. The van der Waals surface area contributed by atoms with Gasteiger partial charge in [-0.3, -0.25) is 4.98 Å². The van der Waals surface area contributed by atoms with Gasteiger partial charge in [-0.15, -0.1) is 0 Å². The number of aryl methyl sites for hydroxylation is 8. The number of hydrogen-bond donors (Lipinski definition) is 0. The zero-order chi connectivity index (χ0) is 69.7. The van der Waals surface area contributed by atoms with E-state index in [1.807, 2.05) is 62.4 Å². The molecule has 16 aromatic rings. The lowest BCUT2D eigenvalue weighted by molar-refractivity contribution is -0.660. The minimum absolute atomic E-state index is 0.126. The highest BCUT2D eigenvalue weighted by Crippen LogP contribution is 2.36. The summed E-state index contributed by atoms with van der Waals surface area (Å²) in [6, 6.07) is 43.9. The van der Waals surface area contributed by atoms with Crippen molar-refractivity contribution in [1.29, 1.82) is 0 Å². The van der Waals surface area contributed by atoms with Crippen LogP contribution in [0.2, 0.25) is 0 Å². The molecule has 10 aromatic heterocycles. The average Bonchev–Trinajstić information content (AvgIpc) is 0.724. The fourth-order valence-corrected chi connectivity index (χ4v) is 19.4. The first kappa shape index (κ1) is 60.4. The molecule has 6 aromatic carbocycles. The molecule has 0 bridgehead atoms. The van der Waals surface area contributed by atoms with Crippen molar-refractivity contribution in [3.05, 3.63) is 260 Å². The van der Waals surface area contributed by atoms with Gasteiger partial charge in [0, 0.05) is 77.8 Å². The third-order valence-corrected chi connectivity index (χ3v) is 23.6. The normalized spacial score (nSPS) is 13.5. The van der Waals surface area contributed by atoms with Crippen molar-refractivity contribution < 1.29 is 36.5 Å². The molecule has 0 spiro atoms. The molecule has 8 aliphatic rings. The number of pyridine rings is 3. The number of nitrogens with zero attached hydrogens (tertiary/aromatic N) is 17. The molecule has 0 unspecified atom stereocenters. The van der Waals surface area contributed by atoms with Crippen LogP contribution < -0.4 is 103 Å². The number of fused-ring (bicyclic) bond motifs is 16. The Morgan fingerprint density at radius 3 is 1.25 bits per heavy atom. The molecule has 24 rings (SSSR count). The van der Waals surface area contributed by atoms with E-state index in [1.54, 1.807) is 6.33 Å². The Bertz CT molecular complexity index is 5780. The topological polar surface area (TPSA) is 147 Å². The Hall–Kier alpha value is -12.4. The molecule has 488 valence electrons. The summed E-state index contributed by atoms with van der Waals surface area (Å²) >= 11 is 0. The van der Waals surface area contributed by atoms with Gasteiger partial charge >= 0.3 is 26.9 Å². The summed E-state index contributed by atoms with van der Waals surface area (Å²) in [6.07, 6.45) is 33.2. The van der Waals surface area contributed by atoms with E-state index >= 15 is 0 Å². The third kappa shape index (κ3) is 8.51. The van der Waals surface area contributed by atoms with E-state index in [0.29, 0.717) is 0 Å². The first-order chi connectivity index (χ1) is 50.9. The van der Waals surface area contributed by atoms with Crippen LogP contribution in [0.25, 0.3) is 88.0 Å². The van der Waals surface area contributed by atoms with E-state index in [4.69, 9.17) is 19.9 Å². The van der Waals surface area contributed by atoms with E-state index in [1.165, 1.54) is 172 Å². The second kappa shape index (κ2) is 22.6. The molecular formula is C83H67B4N17+8. The molecule has 104 heavy (non-hydrogen) atoms. The molecule has 0 radical (unpaired) electrons. The van der Waals surface area contributed by atoms with Crippen LogP contribution in [0.4, 0.5) is 0 Å². The first-order valence-corrected chi connectivity index (χ1v) is 35.7. The molecule has 0 N–H and O–H groups in total. The van der Waals surface area contributed by atoms with Crippen LogP contribution >= 0.6 is 0 Å². The summed E-state index contributed by atoms with van der Waals surface area (Å²) in [6.45, 7) is 0.693. The van der Waals surface area contributed by atoms with Gasteiger partial charge in [0.2, 0.25) is 0 Å². The summed E-state index contributed by atoms with van der Waals surface area (Å²) in [5.41, 5.74) is 38.2. The second-order valence-electron chi connectivity index (χ2n) is 29.1. The molecule has 21 heteroatoms. The molecule has 0 atom stereocenters. The molecule has 0 saturated heterocycles. The molecule has 0 fully saturated rings. The van der Waals surface area contributed by atoms with Crippen LogP contribution in [0, 0.1) is 0 Å². The zero-order valence-corrected chi connectivity index (χ0v) is 58.9. The Kier molecular flexibility index (Phi) is 13.1. The standard InChI is InChI=1S/C22H18BN3.C21H17BN4.2C20H16BN5/c1-25-11-9-14-5-3-7-16-17-8-4-6-15-13-18-21(26(2)12-10-24-18)23(20(15)17)22(25)19(14)16;1-25-10-9-23-17-11-13-5-3-7-15-14-6-4-8-16-18(14)21(26(2)12-24-16)22(19(13)15)20(17)25;1-25-7-6-23-16-8-12-9-22-10-14-13-4-3-5-15-17(13)20(26(2)11-24-15)21(18(12)14)19(16)25;1-25-7-6-12-4-3-5-14-16(12)20(25)21-17-15(23-10-24-18(14)17)8-13-9-22-11-26(2)19(13)21/h3-12H,13H2,1-2H3;3-10,12H,11H2,1-2H3;2*3-7,9-11H,8H2,1-2H3/q4*+2. The predicted molar refractivity (Wildman–Crippen MR) is 403 cm³/mol. The zero-order valence-electron chi connectivity index (χ0n) is 58.9. The van der Waals surface area contributed by atoms with Gasteiger partial charge in [-0.1, -0.05) is 102 Å². The molecular weight excluding hydrogens is 1280 g/mol. The van der Waals surface area contributed by atoms with Crippen LogP contribution in [-0.4, -0.2) is 71.7 Å². The summed E-state index contributed by atoms with van der Waals surface area (Å²) in [5.74, 6) is 0. The van der Waals surface area contributed by atoms with Crippen molar-refractivity contribution in [3.63, 3.8) is 0 Å². The number of hydrogen-bond acceptors (Lipinski definition) is 9. The number of rotatable bonds is 0. The van der Waals surface area contributed by atoms with E-state index < -0.39 is 0 Å². The molecule has 0 amide bonds. The van der Waals surface area contributed by atoms with Crippen molar-refractivity contribution in [1.82, 2.24) is 44.9 Å². The quantitative estimate of drug-likeness (QED) is 0.126. The van der Waals surface area contributed by atoms with Gasteiger partial charge < -0.3 is 0 Å². The second-order valence-corrected chi connectivity index (χ2v) is 29.1.